The largest absolute Gasteiger partial charge is 0.390 e. The third-order valence-electron chi connectivity index (χ3n) is 3.89. The molecular formula is C14H22N2OS. The predicted molar refractivity (Wildman–Crippen MR) is 77.1 cm³/mol. The average molecular weight is 266 g/mol. The Morgan fingerprint density at radius 1 is 1.44 bits per heavy atom. The lowest BCUT2D eigenvalue weighted by atomic mass is 9.81. The molecule has 3 nitrogen and oxygen atoms in total. The number of nitrogens with two attached hydrogens (primary N) is 1. The van der Waals surface area contributed by atoms with Crippen LogP contribution in [0.4, 0.5) is 5.00 Å². The maximum absolute atomic E-state index is 12.2. The summed E-state index contributed by atoms with van der Waals surface area (Å²) in [6.07, 6.45) is 3.26. The maximum Gasteiger partial charge on any atom is 0.256 e. The molecule has 0 fully saturated rings. The lowest BCUT2D eigenvalue weighted by Gasteiger charge is -2.26. The molecule has 1 aliphatic rings. The molecule has 100 valence electrons. The number of hydrogen-bond donors (Lipinski definition) is 1. The van der Waals surface area contributed by atoms with Gasteiger partial charge in [0.1, 0.15) is 0 Å². The van der Waals surface area contributed by atoms with Crippen LogP contribution < -0.4 is 5.73 Å². The standard InChI is InChI=1S/C14H22N2OS/c1-8(2)9-5-6-10-11(7-9)18-13(15)12(10)14(17)16(3)4/h8-9H,5-7,15H2,1-4H3. The Morgan fingerprint density at radius 3 is 2.67 bits per heavy atom. The second-order valence-electron chi connectivity index (χ2n) is 5.69. The van der Waals surface area contributed by atoms with Gasteiger partial charge in [0.15, 0.2) is 0 Å². The maximum atomic E-state index is 12.2. The number of nitrogens with zero attached hydrogens (tertiary/aromatic N) is 1. The van der Waals surface area contributed by atoms with Gasteiger partial charge in [-0.05, 0) is 36.7 Å². The first-order chi connectivity index (χ1) is 8.41. The van der Waals surface area contributed by atoms with Gasteiger partial charge in [-0.15, -0.1) is 11.3 Å². The van der Waals surface area contributed by atoms with Crippen molar-refractivity contribution in [1.29, 1.82) is 0 Å². The Balaban J connectivity index is 2.35. The molecule has 4 heteroatoms. The molecule has 0 aliphatic heterocycles. The van der Waals surface area contributed by atoms with Crippen LogP contribution in [0, 0.1) is 11.8 Å². The summed E-state index contributed by atoms with van der Waals surface area (Å²) in [6, 6.07) is 0. The molecule has 0 saturated heterocycles. The lowest BCUT2D eigenvalue weighted by Crippen LogP contribution is -2.25. The van der Waals surface area contributed by atoms with Gasteiger partial charge in [-0.25, -0.2) is 0 Å². The monoisotopic (exact) mass is 266 g/mol. The summed E-state index contributed by atoms with van der Waals surface area (Å²) < 4.78 is 0. The van der Waals surface area contributed by atoms with Gasteiger partial charge < -0.3 is 10.6 Å². The van der Waals surface area contributed by atoms with E-state index in [-0.39, 0.29) is 5.91 Å². The number of amides is 1. The van der Waals surface area contributed by atoms with Gasteiger partial charge in [0.05, 0.1) is 10.6 Å². The van der Waals surface area contributed by atoms with Gasteiger partial charge >= 0.3 is 0 Å². The van der Waals surface area contributed by atoms with Gasteiger partial charge in [0, 0.05) is 19.0 Å². The number of rotatable bonds is 2. The van der Waals surface area contributed by atoms with Crippen molar-refractivity contribution in [3.8, 4) is 0 Å². The molecule has 1 aromatic rings. The minimum Gasteiger partial charge on any atom is -0.390 e. The number of carbonyl (C=O) groups is 1. The quantitative estimate of drug-likeness (QED) is 0.894. The molecular weight excluding hydrogens is 244 g/mol. The number of thiophene rings is 1. The lowest BCUT2D eigenvalue weighted by molar-refractivity contribution is 0.0827. The zero-order valence-corrected chi connectivity index (χ0v) is 12.4. The van der Waals surface area contributed by atoms with Crippen LogP contribution in [0.2, 0.25) is 0 Å². The number of fused-ring (bicyclic) bond motifs is 1. The van der Waals surface area contributed by atoms with Crippen LogP contribution in [0.1, 0.15) is 41.1 Å². The molecule has 2 N–H and O–H groups in total. The Hall–Kier alpha value is -1.03. The highest BCUT2D eigenvalue weighted by Gasteiger charge is 2.29. The highest BCUT2D eigenvalue weighted by atomic mass is 32.1. The third kappa shape index (κ3) is 2.26. The summed E-state index contributed by atoms with van der Waals surface area (Å²) in [5.74, 6) is 1.49. The summed E-state index contributed by atoms with van der Waals surface area (Å²) in [7, 11) is 3.57. The fraction of sp³-hybridized carbons (Fsp3) is 0.643. The fourth-order valence-corrected chi connectivity index (χ4v) is 3.86. The van der Waals surface area contributed by atoms with Crippen molar-refractivity contribution < 1.29 is 4.79 Å². The Morgan fingerprint density at radius 2 is 2.11 bits per heavy atom. The van der Waals surface area contributed by atoms with Crippen molar-refractivity contribution in [2.45, 2.75) is 33.1 Å². The Labute approximate surface area is 113 Å². The van der Waals surface area contributed by atoms with Gasteiger partial charge in [-0.3, -0.25) is 4.79 Å². The summed E-state index contributed by atoms with van der Waals surface area (Å²) in [6.45, 7) is 4.55. The van der Waals surface area contributed by atoms with Gasteiger partial charge in [0.25, 0.3) is 5.91 Å². The third-order valence-corrected chi connectivity index (χ3v) is 4.98. The van der Waals surface area contributed by atoms with Crippen molar-refractivity contribution in [3.05, 3.63) is 16.0 Å². The zero-order chi connectivity index (χ0) is 13.4. The number of nitrogen functional groups attached to an aromatic ring is 1. The van der Waals surface area contributed by atoms with Crippen molar-refractivity contribution in [2.75, 3.05) is 19.8 Å². The Bertz CT molecular complexity index is 463. The van der Waals surface area contributed by atoms with E-state index in [0.29, 0.717) is 10.9 Å². The van der Waals surface area contributed by atoms with E-state index in [1.165, 1.54) is 16.9 Å². The minimum absolute atomic E-state index is 0.0491. The van der Waals surface area contributed by atoms with E-state index in [1.54, 1.807) is 30.3 Å². The van der Waals surface area contributed by atoms with E-state index in [4.69, 9.17) is 5.73 Å². The smallest absolute Gasteiger partial charge is 0.256 e. The molecule has 1 aliphatic carbocycles. The average Bonchev–Trinajstić information content (AvgIpc) is 2.62. The van der Waals surface area contributed by atoms with Crippen LogP contribution >= 0.6 is 11.3 Å². The molecule has 0 saturated carbocycles. The molecule has 1 unspecified atom stereocenters. The van der Waals surface area contributed by atoms with Gasteiger partial charge in [0.2, 0.25) is 0 Å². The van der Waals surface area contributed by atoms with E-state index >= 15 is 0 Å². The molecule has 0 bridgehead atoms. The van der Waals surface area contributed by atoms with Crippen molar-refractivity contribution in [2.24, 2.45) is 11.8 Å². The molecule has 0 radical (unpaired) electrons. The van der Waals surface area contributed by atoms with Crippen molar-refractivity contribution >= 4 is 22.2 Å². The zero-order valence-electron chi connectivity index (χ0n) is 11.6. The molecule has 0 aromatic carbocycles. The van der Waals surface area contributed by atoms with Crippen LogP contribution in [0.3, 0.4) is 0 Å². The summed E-state index contributed by atoms with van der Waals surface area (Å²) >= 11 is 1.61. The van der Waals surface area contributed by atoms with Gasteiger partial charge in [-0.2, -0.15) is 0 Å². The van der Waals surface area contributed by atoms with Crippen LogP contribution in [-0.4, -0.2) is 24.9 Å². The SMILES string of the molecule is CC(C)C1CCc2c(sc(N)c2C(=O)N(C)C)C1. The molecule has 2 rings (SSSR count). The van der Waals surface area contributed by atoms with E-state index in [9.17, 15) is 4.79 Å². The highest BCUT2D eigenvalue weighted by molar-refractivity contribution is 7.16. The Kier molecular flexibility index (Phi) is 3.66. The number of hydrogen-bond acceptors (Lipinski definition) is 3. The van der Waals surface area contributed by atoms with E-state index in [0.717, 1.165) is 24.3 Å². The van der Waals surface area contributed by atoms with E-state index in [2.05, 4.69) is 13.8 Å². The highest BCUT2D eigenvalue weighted by Crippen LogP contribution is 2.40. The molecule has 0 spiro atoms. The van der Waals surface area contributed by atoms with Crippen LogP contribution in [-0.2, 0) is 12.8 Å². The first-order valence-corrected chi connectivity index (χ1v) is 7.35. The van der Waals surface area contributed by atoms with Crippen molar-refractivity contribution in [3.63, 3.8) is 0 Å². The van der Waals surface area contributed by atoms with E-state index in [1.807, 2.05) is 0 Å². The molecule has 1 amide bonds. The predicted octanol–water partition coefficient (Wildman–Crippen LogP) is 2.79. The topological polar surface area (TPSA) is 46.3 Å². The second-order valence-corrected chi connectivity index (χ2v) is 6.83. The van der Waals surface area contributed by atoms with E-state index < -0.39 is 0 Å². The van der Waals surface area contributed by atoms with Crippen LogP contribution in [0.25, 0.3) is 0 Å². The van der Waals surface area contributed by atoms with Crippen LogP contribution in [0.15, 0.2) is 0 Å². The molecule has 1 atom stereocenters. The number of carbonyl (C=O) groups excluding carboxylic acids is 1. The minimum atomic E-state index is 0.0491. The normalized spacial score (nSPS) is 18.8. The summed E-state index contributed by atoms with van der Waals surface area (Å²) in [4.78, 5) is 15.1. The second kappa shape index (κ2) is 4.92. The molecule has 1 heterocycles. The molecule has 1 aromatic heterocycles. The summed E-state index contributed by atoms with van der Waals surface area (Å²) in [5.41, 5.74) is 8.03. The fourth-order valence-electron chi connectivity index (χ4n) is 2.66. The first-order valence-electron chi connectivity index (χ1n) is 6.53. The summed E-state index contributed by atoms with van der Waals surface area (Å²) in [5, 5.41) is 0.697. The number of anilines is 1. The van der Waals surface area contributed by atoms with Gasteiger partial charge in [-0.1, -0.05) is 13.8 Å². The van der Waals surface area contributed by atoms with Crippen molar-refractivity contribution in [1.82, 2.24) is 4.90 Å². The molecule has 18 heavy (non-hydrogen) atoms. The first kappa shape index (κ1) is 13.4. The van der Waals surface area contributed by atoms with Crippen LogP contribution in [0.5, 0.6) is 0 Å².